The summed E-state index contributed by atoms with van der Waals surface area (Å²) in [5.41, 5.74) is 0.744. The minimum atomic E-state index is -0.00164. The molecule has 3 rings (SSSR count). The predicted octanol–water partition coefficient (Wildman–Crippen LogP) is 1.33. The fraction of sp³-hybridized carbons (Fsp3) is 0.650. The van der Waals surface area contributed by atoms with Crippen molar-refractivity contribution in [2.24, 2.45) is 0 Å². The molecule has 0 bridgehead atoms. The quantitative estimate of drug-likeness (QED) is 0.666. The van der Waals surface area contributed by atoms with Crippen LogP contribution in [0.25, 0.3) is 0 Å². The normalized spacial score (nSPS) is 18.4. The third kappa shape index (κ3) is 5.40. The Bertz CT molecular complexity index is 719. The molecule has 154 valence electrons. The van der Waals surface area contributed by atoms with Gasteiger partial charge in [-0.05, 0) is 19.9 Å². The number of ketones is 1. The number of hydrogen-bond acceptors (Lipinski definition) is 6. The fourth-order valence-electron chi connectivity index (χ4n) is 3.68. The third-order valence-corrected chi connectivity index (χ3v) is 6.32. The zero-order valence-electron chi connectivity index (χ0n) is 16.7. The lowest BCUT2D eigenvalue weighted by Crippen LogP contribution is -2.53. The maximum absolute atomic E-state index is 12.5. The predicted molar refractivity (Wildman–Crippen MR) is 108 cm³/mol. The van der Waals surface area contributed by atoms with Crippen LogP contribution in [0.15, 0.2) is 6.07 Å². The van der Waals surface area contributed by atoms with Crippen molar-refractivity contribution in [3.8, 4) is 0 Å². The highest BCUT2D eigenvalue weighted by atomic mass is 32.1. The summed E-state index contributed by atoms with van der Waals surface area (Å²) in [5, 5.41) is 0. The summed E-state index contributed by atoms with van der Waals surface area (Å²) in [6, 6.07) is 1.91. The van der Waals surface area contributed by atoms with Crippen LogP contribution in [-0.4, -0.2) is 91.3 Å². The van der Waals surface area contributed by atoms with Gasteiger partial charge < -0.3 is 14.5 Å². The Labute approximate surface area is 170 Å². The number of nitrogens with zero attached hydrogens (tertiary/aromatic N) is 3. The highest BCUT2D eigenvalue weighted by Crippen LogP contribution is 2.22. The molecule has 8 heteroatoms. The minimum Gasteiger partial charge on any atom is -0.379 e. The Kier molecular flexibility index (Phi) is 7.20. The van der Waals surface area contributed by atoms with Crippen molar-refractivity contribution >= 4 is 28.9 Å². The molecule has 0 unspecified atom stereocenters. The first-order valence-electron chi connectivity index (χ1n) is 9.90. The van der Waals surface area contributed by atoms with E-state index >= 15 is 0 Å². The molecule has 2 saturated heterocycles. The van der Waals surface area contributed by atoms with Gasteiger partial charge in [-0.2, -0.15) is 0 Å². The van der Waals surface area contributed by atoms with E-state index in [1.54, 1.807) is 16.2 Å². The van der Waals surface area contributed by atoms with Crippen LogP contribution in [0.1, 0.15) is 33.0 Å². The average molecular weight is 408 g/mol. The lowest BCUT2D eigenvalue weighted by atomic mass is 10.1. The van der Waals surface area contributed by atoms with Gasteiger partial charge in [-0.3, -0.25) is 19.3 Å². The number of carbonyl (C=O) groups excluding carboxylic acids is 3. The van der Waals surface area contributed by atoms with Gasteiger partial charge in [-0.25, -0.2) is 0 Å². The number of amides is 2. The summed E-state index contributed by atoms with van der Waals surface area (Å²) in [5.74, 6) is 0.153. The second-order valence-electron chi connectivity index (χ2n) is 7.40. The Hall–Kier alpha value is -1.77. The lowest BCUT2D eigenvalue weighted by molar-refractivity contribution is -0.140. The summed E-state index contributed by atoms with van der Waals surface area (Å²) in [4.78, 5) is 45.1. The Morgan fingerprint density at radius 1 is 0.929 bits per heavy atom. The molecular weight excluding hydrogens is 378 g/mol. The molecular formula is C20H29N3O4S. The van der Waals surface area contributed by atoms with E-state index in [0.29, 0.717) is 45.9 Å². The summed E-state index contributed by atoms with van der Waals surface area (Å²) < 4.78 is 5.31. The Morgan fingerprint density at radius 3 is 2.11 bits per heavy atom. The first kappa shape index (κ1) is 21.0. The lowest BCUT2D eigenvalue weighted by Gasteiger charge is -2.36. The van der Waals surface area contributed by atoms with Crippen molar-refractivity contribution in [2.45, 2.75) is 26.7 Å². The number of piperazine rings is 1. The van der Waals surface area contributed by atoms with Gasteiger partial charge in [0.2, 0.25) is 11.8 Å². The van der Waals surface area contributed by atoms with E-state index in [2.05, 4.69) is 4.90 Å². The van der Waals surface area contributed by atoms with E-state index in [9.17, 15) is 14.4 Å². The van der Waals surface area contributed by atoms with Crippen molar-refractivity contribution in [1.82, 2.24) is 14.7 Å². The molecule has 7 nitrogen and oxygen atoms in total. The van der Waals surface area contributed by atoms with Crippen LogP contribution >= 0.6 is 11.3 Å². The van der Waals surface area contributed by atoms with Crippen molar-refractivity contribution in [3.05, 3.63) is 21.4 Å². The van der Waals surface area contributed by atoms with Crippen molar-refractivity contribution in [2.75, 3.05) is 59.0 Å². The number of morpholine rings is 1. The SMILES string of the molecule is Cc1cc(C(=O)CCC(=O)N2CCN(C(=O)CN3CCOCC3)CC2)c(C)s1. The molecule has 2 aliphatic rings. The van der Waals surface area contributed by atoms with E-state index in [1.807, 2.05) is 24.8 Å². The highest BCUT2D eigenvalue weighted by Gasteiger charge is 2.26. The molecule has 0 saturated carbocycles. The molecule has 1 aromatic rings. The van der Waals surface area contributed by atoms with E-state index in [4.69, 9.17) is 4.74 Å². The van der Waals surface area contributed by atoms with Gasteiger partial charge in [0, 0.05) is 67.4 Å². The fourth-order valence-corrected chi connectivity index (χ4v) is 4.62. The van der Waals surface area contributed by atoms with E-state index in [-0.39, 0.29) is 30.4 Å². The highest BCUT2D eigenvalue weighted by molar-refractivity contribution is 7.12. The first-order valence-corrected chi connectivity index (χ1v) is 10.7. The number of aryl methyl sites for hydroxylation is 2. The van der Waals surface area contributed by atoms with Gasteiger partial charge in [-0.1, -0.05) is 0 Å². The maximum Gasteiger partial charge on any atom is 0.236 e. The molecule has 28 heavy (non-hydrogen) atoms. The molecule has 2 aliphatic heterocycles. The average Bonchev–Trinajstić information content (AvgIpc) is 3.05. The van der Waals surface area contributed by atoms with Crippen molar-refractivity contribution in [3.63, 3.8) is 0 Å². The molecule has 1 aromatic heterocycles. The van der Waals surface area contributed by atoms with Crippen LogP contribution in [-0.2, 0) is 14.3 Å². The number of Topliss-reactive ketones (excluding diaryl/α,β-unsaturated/α-hetero) is 1. The third-order valence-electron chi connectivity index (χ3n) is 5.35. The van der Waals surface area contributed by atoms with Gasteiger partial charge in [0.05, 0.1) is 19.8 Å². The van der Waals surface area contributed by atoms with Crippen LogP contribution < -0.4 is 0 Å². The molecule has 0 N–H and O–H groups in total. The summed E-state index contributed by atoms with van der Waals surface area (Å²) >= 11 is 1.61. The molecule has 3 heterocycles. The topological polar surface area (TPSA) is 70.2 Å². The molecule has 2 fully saturated rings. The van der Waals surface area contributed by atoms with Crippen LogP contribution in [0.4, 0.5) is 0 Å². The number of hydrogen-bond donors (Lipinski definition) is 0. The molecule has 0 atom stereocenters. The molecule has 0 spiro atoms. The standard InChI is InChI=1S/C20H29N3O4S/c1-15-13-17(16(2)28-15)18(24)3-4-19(25)22-5-7-23(8-6-22)20(26)14-21-9-11-27-12-10-21/h13H,3-12,14H2,1-2H3. The van der Waals surface area contributed by atoms with Crippen LogP contribution in [0.2, 0.25) is 0 Å². The summed E-state index contributed by atoms with van der Waals surface area (Å²) in [6.07, 6.45) is 0.473. The number of thiophene rings is 1. The van der Waals surface area contributed by atoms with Crippen molar-refractivity contribution < 1.29 is 19.1 Å². The van der Waals surface area contributed by atoms with Gasteiger partial charge in [0.1, 0.15) is 0 Å². The molecule has 0 aliphatic carbocycles. The Balaban J connectivity index is 1.40. The second-order valence-corrected chi connectivity index (χ2v) is 8.86. The van der Waals surface area contributed by atoms with E-state index in [1.165, 1.54) is 0 Å². The van der Waals surface area contributed by atoms with Gasteiger partial charge in [0.15, 0.2) is 5.78 Å². The second kappa shape index (κ2) is 9.62. The van der Waals surface area contributed by atoms with Crippen molar-refractivity contribution in [1.29, 1.82) is 0 Å². The largest absolute Gasteiger partial charge is 0.379 e. The van der Waals surface area contributed by atoms with Crippen LogP contribution in [0.3, 0.4) is 0 Å². The zero-order chi connectivity index (χ0) is 20.1. The maximum atomic E-state index is 12.5. The van der Waals surface area contributed by atoms with Gasteiger partial charge in [0.25, 0.3) is 0 Å². The number of rotatable bonds is 6. The van der Waals surface area contributed by atoms with E-state index in [0.717, 1.165) is 28.4 Å². The van der Waals surface area contributed by atoms with Crippen LogP contribution in [0, 0.1) is 13.8 Å². The number of carbonyl (C=O) groups is 3. The monoisotopic (exact) mass is 407 g/mol. The molecule has 0 radical (unpaired) electrons. The summed E-state index contributed by atoms with van der Waals surface area (Å²) in [7, 11) is 0. The molecule has 0 aromatic carbocycles. The van der Waals surface area contributed by atoms with Gasteiger partial charge >= 0.3 is 0 Å². The smallest absolute Gasteiger partial charge is 0.236 e. The number of ether oxygens (including phenoxy) is 1. The Morgan fingerprint density at radius 2 is 1.54 bits per heavy atom. The molecule has 2 amide bonds. The first-order chi connectivity index (χ1) is 13.4. The van der Waals surface area contributed by atoms with Gasteiger partial charge in [-0.15, -0.1) is 11.3 Å². The minimum absolute atomic E-state index is 0.00164. The zero-order valence-corrected chi connectivity index (χ0v) is 17.6. The summed E-state index contributed by atoms with van der Waals surface area (Å²) in [6.45, 7) is 9.50. The van der Waals surface area contributed by atoms with E-state index < -0.39 is 0 Å². The van der Waals surface area contributed by atoms with Crippen LogP contribution in [0.5, 0.6) is 0 Å².